The Balaban J connectivity index is 0.00000278. The number of amides is 5. The van der Waals surface area contributed by atoms with Crippen molar-refractivity contribution in [3.63, 3.8) is 0 Å². The van der Waals surface area contributed by atoms with Crippen LogP contribution in [0.4, 0.5) is 4.79 Å². The number of rotatable bonds is 14. The van der Waals surface area contributed by atoms with Crippen molar-refractivity contribution in [1.82, 2.24) is 30.5 Å². The van der Waals surface area contributed by atoms with Gasteiger partial charge in [0.25, 0.3) is 5.91 Å². The number of hydrogen-bond donors (Lipinski definition) is 6. The molecular weight excluding hydrogens is 586 g/mol. The van der Waals surface area contributed by atoms with Gasteiger partial charge in [0, 0.05) is 32.2 Å². The van der Waals surface area contributed by atoms with Crippen molar-refractivity contribution in [2.24, 2.45) is 23.0 Å². The topological polar surface area (TPSA) is 186 Å². The van der Waals surface area contributed by atoms with Gasteiger partial charge in [0.15, 0.2) is 0 Å². The maximum absolute atomic E-state index is 13.6. The Morgan fingerprint density at radius 2 is 1.59 bits per heavy atom. The van der Waals surface area contributed by atoms with Crippen LogP contribution in [0.3, 0.4) is 0 Å². The fourth-order valence-corrected chi connectivity index (χ4v) is 4.38. The first-order valence-electron chi connectivity index (χ1n) is 15.7. The number of likely N-dealkylation sites (N-methyl/N-ethyl adjacent to an activating group) is 1. The van der Waals surface area contributed by atoms with E-state index in [2.05, 4.69) is 28.2 Å². The van der Waals surface area contributed by atoms with Crippen LogP contribution < -0.4 is 27.0 Å². The third-order valence-electron chi connectivity index (χ3n) is 7.32. The Hall–Kier alpha value is -2.42. The van der Waals surface area contributed by atoms with Crippen LogP contribution in [0.15, 0.2) is 0 Å². The van der Waals surface area contributed by atoms with E-state index in [1.165, 1.54) is 24.7 Å². The van der Waals surface area contributed by atoms with E-state index in [0.717, 1.165) is 5.92 Å². The summed E-state index contributed by atoms with van der Waals surface area (Å²) in [5, 5.41) is 11.5. The van der Waals surface area contributed by atoms with E-state index < -0.39 is 53.1 Å². The average Bonchev–Trinajstić information content (AvgIpc) is 3.58. The minimum absolute atomic E-state index is 0.110. The van der Waals surface area contributed by atoms with E-state index in [0.29, 0.717) is 51.2 Å². The number of nitrogens with two attached hydrogens (primary N) is 1. The summed E-state index contributed by atoms with van der Waals surface area (Å²) in [7, 11) is 1.76. The summed E-state index contributed by atoms with van der Waals surface area (Å²) in [5.41, 5.74) is 4.35. The number of urea groups is 1. The molecule has 1 aliphatic carbocycles. The van der Waals surface area contributed by atoms with Gasteiger partial charge in [-0.2, -0.15) is 0 Å². The molecule has 44 heavy (non-hydrogen) atoms. The molecule has 0 bridgehead atoms. The number of primary amides is 1. The monoisotopic (exact) mass is 645 g/mol. The van der Waals surface area contributed by atoms with Crippen LogP contribution in [0.2, 0.25) is 0 Å². The number of carbonyl (C=O) groups is 5. The highest BCUT2D eigenvalue weighted by Gasteiger charge is 2.42. The molecule has 256 valence electrons. The number of carbonyl (C=O) groups excluding carboxylic acids is 5. The second-order valence-electron chi connectivity index (χ2n) is 12.7. The zero-order valence-electron chi connectivity index (χ0n) is 28.5. The first-order valence-corrected chi connectivity index (χ1v) is 16.5. The van der Waals surface area contributed by atoms with Crippen LogP contribution in [0.1, 0.15) is 88.0 Å². The number of nitrogens with one attached hydrogen (secondary N) is 4. The minimum Gasteiger partial charge on any atom is -0.363 e. The lowest BCUT2D eigenvalue weighted by atomic mass is 9.85. The molecule has 1 aliphatic heterocycles. The number of likely N-dealkylation sites (tertiary alicyclic amines) is 1. The molecule has 0 spiro atoms. The van der Waals surface area contributed by atoms with Gasteiger partial charge in [-0.1, -0.05) is 68.2 Å². The quantitative estimate of drug-likeness (QED) is 0.0714. The Morgan fingerprint density at radius 1 is 1.02 bits per heavy atom. The third-order valence-corrected chi connectivity index (χ3v) is 7.78. The van der Waals surface area contributed by atoms with Crippen molar-refractivity contribution in [1.29, 1.82) is 0 Å². The second-order valence-corrected chi connectivity index (χ2v) is 13.5. The van der Waals surface area contributed by atoms with Gasteiger partial charge in [-0.3, -0.25) is 19.2 Å². The van der Waals surface area contributed by atoms with Crippen LogP contribution in [0.5, 0.6) is 0 Å². The molecule has 4 unspecified atom stereocenters. The van der Waals surface area contributed by atoms with Gasteiger partial charge in [-0.05, 0) is 44.1 Å². The second kappa shape index (κ2) is 20.6. The van der Waals surface area contributed by atoms with Gasteiger partial charge in [0.05, 0.1) is 18.3 Å². The van der Waals surface area contributed by atoms with Gasteiger partial charge in [-0.15, -0.1) is 0 Å². The lowest BCUT2D eigenvalue weighted by molar-refractivity contribution is -0.143. The van der Waals surface area contributed by atoms with Crippen molar-refractivity contribution in [3.8, 4) is 0 Å². The molecule has 1 saturated carbocycles. The average molecular weight is 646 g/mol. The van der Waals surface area contributed by atoms with Crippen LogP contribution in [0, 0.1) is 17.3 Å². The van der Waals surface area contributed by atoms with Gasteiger partial charge in [-0.25, -0.2) is 9.10 Å². The Kier molecular flexibility index (Phi) is 19.4. The lowest BCUT2D eigenvalue weighted by Gasteiger charge is -2.36. The highest BCUT2D eigenvalue weighted by molar-refractivity contribution is 7.91. The molecule has 2 rings (SSSR count). The molecule has 13 nitrogen and oxygen atoms in total. The summed E-state index contributed by atoms with van der Waals surface area (Å²) in [6.45, 7) is 19.1. The maximum Gasteiger partial charge on any atom is 0.315 e. The van der Waals surface area contributed by atoms with Crippen molar-refractivity contribution >= 4 is 41.8 Å². The zero-order valence-corrected chi connectivity index (χ0v) is 29.3. The first kappa shape index (κ1) is 41.6. The molecule has 1 saturated heterocycles. The SMILES string of the molecule is CC.CC(NC(=O)C1CCCN1C(=O)C(NC(=O)NC(CNCCN(C)SO)C(C)C)C(C)(C)C)C(=O)C(N)=O.CC1CC1. The predicted octanol–water partition coefficient (Wildman–Crippen LogP) is 2.36. The summed E-state index contributed by atoms with van der Waals surface area (Å²) in [4.78, 5) is 63.8. The summed E-state index contributed by atoms with van der Waals surface area (Å²) < 4.78 is 10.7. The molecule has 2 aliphatic rings. The molecule has 14 heteroatoms. The van der Waals surface area contributed by atoms with E-state index >= 15 is 0 Å². The molecule has 0 radical (unpaired) electrons. The highest BCUT2D eigenvalue weighted by Crippen LogP contribution is 2.27. The molecule has 1 heterocycles. The summed E-state index contributed by atoms with van der Waals surface area (Å²) in [6.07, 6.45) is 3.94. The molecule has 0 aromatic carbocycles. The summed E-state index contributed by atoms with van der Waals surface area (Å²) in [6, 6.07) is -3.57. The number of hydrogen-bond acceptors (Lipinski definition) is 9. The van der Waals surface area contributed by atoms with Crippen LogP contribution >= 0.6 is 12.2 Å². The molecule has 7 N–H and O–H groups in total. The standard InChI is InChI=1S/C24H45N7O6S.C4H8.C2H6/c1-14(2)16(13-26-10-12-30(7)38-37)28-23(36)29-19(24(4,5)6)22(35)31-11-8-9-17(31)21(34)27-15(3)18(32)20(25)33;1-4-2-3-4;1-2/h14-17,19,26,37H,8-13H2,1-7H3,(H2,25,33)(H,27,34)(H2,28,29,36);4H,2-3H2,1H3;1-2H3. The van der Waals surface area contributed by atoms with Gasteiger partial charge < -0.3 is 36.5 Å². The van der Waals surface area contributed by atoms with E-state index in [1.807, 2.05) is 48.5 Å². The van der Waals surface area contributed by atoms with Gasteiger partial charge >= 0.3 is 6.03 Å². The van der Waals surface area contributed by atoms with Crippen molar-refractivity contribution in [3.05, 3.63) is 0 Å². The number of ketones is 1. The van der Waals surface area contributed by atoms with E-state index in [1.54, 1.807) is 11.4 Å². The molecular formula is C30H59N7O6S. The van der Waals surface area contributed by atoms with Gasteiger partial charge in [0.2, 0.25) is 17.6 Å². The fourth-order valence-electron chi connectivity index (χ4n) is 4.20. The maximum atomic E-state index is 13.6. The normalized spacial score (nSPS) is 18.2. The Labute approximate surface area is 268 Å². The first-order chi connectivity index (χ1) is 20.5. The Bertz CT molecular complexity index is 926. The molecule has 4 atom stereocenters. The lowest BCUT2D eigenvalue weighted by Crippen LogP contribution is -2.61. The van der Waals surface area contributed by atoms with Crippen molar-refractivity contribution in [2.45, 2.75) is 112 Å². The van der Waals surface area contributed by atoms with E-state index in [4.69, 9.17) is 10.3 Å². The molecule has 0 aromatic rings. The smallest absolute Gasteiger partial charge is 0.315 e. The van der Waals surface area contributed by atoms with E-state index in [9.17, 15) is 24.0 Å². The van der Waals surface area contributed by atoms with Gasteiger partial charge in [0.1, 0.15) is 12.1 Å². The largest absolute Gasteiger partial charge is 0.363 e. The fraction of sp³-hybridized carbons (Fsp3) is 0.833. The number of Topliss-reactive ketones (excluding diaryl/α,β-unsaturated/α-hetero) is 1. The summed E-state index contributed by atoms with van der Waals surface area (Å²) in [5.74, 6) is -1.83. The van der Waals surface area contributed by atoms with Crippen molar-refractivity contribution in [2.75, 3.05) is 33.2 Å². The zero-order chi connectivity index (χ0) is 34.2. The molecule has 0 aromatic heterocycles. The van der Waals surface area contributed by atoms with E-state index in [-0.39, 0.29) is 12.0 Å². The minimum atomic E-state index is -1.15. The third kappa shape index (κ3) is 15.5. The van der Waals surface area contributed by atoms with Crippen LogP contribution in [-0.4, -0.2) is 101 Å². The predicted molar refractivity (Wildman–Crippen MR) is 176 cm³/mol. The van der Waals surface area contributed by atoms with Crippen molar-refractivity contribution < 1.29 is 28.5 Å². The molecule has 5 amide bonds. The Morgan fingerprint density at radius 3 is 2.05 bits per heavy atom. The highest BCUT2D eigenvalue weighted by atomic mass is 32.2. The van der Waals surface area contributed by atoms with Crippen LogP contribution in [-0.2, 0) is 19.2 Å². The van der Waals surface area contributed by atoms with Crippen LogP contribution in [0.25, 0.3) is 0 Å². The number of nitrogens with zero attached hydrogens (tertiary/aromatic N) is 2. The summed E-state index contributed by atoms with van der Waals surface area (Å²) >= 11 is 0.649. The molecule has 2 fully saturated rings.